The number of rotatable bonds is 8. The zero-order valence-corrected chi connectivity index (χ0v) is 17.8. The van der Waals surface area contributed by atoms with Gasteiger partial charge in [-0.3, -0.25) is 9.59 Å². The Hall–Kier alpha value is -2.52. The molecule has 2 aromatic rings. The highest BCUT2D eigenvalue weighted by molar-refractivity contribution is 7.98. The molecule has 1 saturated heterocycles. The molecule has 2 aliphatic rings. The summed E-state index contributed by atoms with van der Waals surface area (Å²) in [7, 11) is 0. The summed E-state index contributed by atoms with van der Waals surface area (Å²) in [5, 5.41) is 10.4. The van der Waals surface area contributed by atoms with E-state index < -0.39 is 0 Å². The first-order valence-electron chi connectivity index (χ1n) is 10.2. The average Bonchev–Trinajstić information content (AvgIpc) is 3.47. The van der Waals surface area contributed by atoms with Crippen molar-refractivity contribution in [1.82, 2.24) is 15.1 Å². The first-order valence-corrected chi connectivity index (χ1v) is 11.4. The van der Waals surface area contributed by atoms with Crippen LogP contribution in [-0.2, 0) is 27.6 Å². The summed E-state index contributed by atoms with van der Waals surface area (Å²) in [4.78, 5) is 25.2. The summed E-state index contributed by atoms with van der Waals surface area (Å²) in [6, 6.07) is 7.00. The van der Waals surface area contributed by atoms with Gasteiger partial charge in [-0.05, 0) is 44.0 Å². The van der Waals surface area contributed by atoms with Gasteiger partial charge in [-0.1, -0.05) is 0 Å². The van der Waals surface area contributed by atoms with Crippen LogP contribution >= 0.6 is 11.8 Å². The molecule has 8 nitrogen and oxygen atoms in total. The minimum atomic E-state index is -0.237. The van der Waals surface area contributed by atoms with Crippen LogP contribution in [0.15, 0.2) is 24.3 Å². The van der Waals surface area contributed by atoms with Crippen molar-refractivity contribution in [2.75, 3.05) is 25.1 Å². The topological polar surface area (TPSA) is 94.5 Å². The average molecular weight is 431 g/mol. The second kappa shape index (κ2) is 9.53. The number of nitrogens with zero attached hydrogens (tertiary/aromatic N) is 2. The number of hydrogen-bond acceptors (Lipinski definition) is 6. The van der Waals surface area contributed by atoms with Gasteiger partial charge in [-0.2, -0.15) is 16.9 Å². The number of aromatic nitrogens is 2. The molecule has 1 fully saturated rings. The van der Waals surface area contributed by atoms with E-state index in [0.29, 0.717) is 24.5 Å². The molecular weight excluding hydrogens is 404 g/mol. The first-order chi connectivity index (χ1) is 14.6. The largest absolute Gasteiger partial charge is 0.494 e. The molecule has 1 aromatic carbocycles. The Balaban J connectivity index is 1.44. The second-order valence-corrected chi connectivity index (χ2v) is 8.26. The van der Waals surface area contributed by atoms with E-state index in [9.17, 15) is 9.59 Å². The van der Waals surface area contributed by atoms with Crippen molar-refractivity contribution in [1.29, 1.82) is 0 Å². The number of carbonyl (C=O) groups excluding carboxylic acids is 2. The Kier molecular flexibility index (Phi) is 6.59. The zero-order chi connectivity index (χ0) is 20.9. The maximum absolute atomic E-state index is 12.8. The molecule has 1 aromatic heterocycles. The van der Waals surface area contributed by atoms with Crippen molar-refractivity contribution in [2.24, 2.45) is 0 Å². The van der Waals surface area contributed by atoms with Gasteiger partial charge >= 0.3 is 0 Å². The minimum Gasteiger partial charge on any atom is -0.494 e. The number of nitrogens with one attached hydrogen (secondary N) is 2. The van der Waals surface area contributed by atoms with E-state index in [1.165, 1.54) is 0 Å². The van der Waals surface area contributed by atoms with Gasteiger partial charge in [-0.15, -0.1) is 0 Å². The lowest BCUT2D eigenvalue weighted by molar-refractivity contribution is -0.122. The van der Waals surface area contributed by atoms with E-state index >= 15 is 0 Å². The lowest BCUT2D eigenvalue weighted by Gasteiger charge is -2.13. The number of anilines is 1. The van der Waals surface area contributed by atoms with Gasteiger partial charge in [0, 0.05) is 35.8 Å². The Morgan fingerprint density at radius 3 is 2.87 bits per heavy atom. The van der Waals surface area contributed by atoms with Gasteiger partial charge in [0.1, 0.15) is 18.1 Å². The van der Waals surface area contributed by atoms with Gasteiger partial charge in [-0.25, -0.2) is 4.68 Å². The van der Waals surface area contributed by atoms with Crippen LogP contribution in [0.2, 0.25) is 0 Å². The normalized spacial score (nSPS) is 17.6. The highest BCUT2D eigenvalue weighted by Crippen LogP contribution is 2.35. The van der Waals surface area contributed by atoms with Gasteiger partial charge in [0.05, 0.1) is 18.4 Å². The summed E-state index contributed by atoms with van der Waals surface area (Å²) in [5.74, 6) is 2.49. The Bertz CT molecular complexity index is 906. The van der Waals surface area contributed by atoms with E-state index in [1.807, 2.05) is 6.92 Å². The van der Waals surface area contributed by atoms with Crippen LogP contribution in [0.25, 0.3) is 0 Å². The van der Waals surface area contributed by atoms with Crippen molar-refractivity contribution in [3.05, 3.63) is 41.1 Å². The van der Waals surface area contributed by atoms with E-state index in [4.69, 9.17) is 9.47 Å². The first kappa shape index (κ1) is 20.7. The van der Waals surface area contributed by atoms with Gasteiger partial charge in [0.2, 0.25) is 5.91 Å². The molecule has 2 aliphatic heterocycles. The molecule has 1 atom stereocenters. The van der Waals surface area contributed by atoms with Crippen molar-refractivity contribution >= 4 is 29.4 Å². The SMILES string of the molecule is CCOc1ccc(C(=O)Nc2c3c(nn2CC(=O)NCC2CCCO2)CSC3)cc1. The number of ether oxygens (including phenoxy) is 2. The molecule has 0 spiro atoms. The van der Waals surface area contributed by atoms with Crippen molar-refractivity contribution < 1.29 is 19.1 Å². The predicted octanol–water partition coefficient (Wildman–Crippen LogP) is 2.58. The molecule has 2 amide bonds. The van der Waals surface area contributed by atoms with Crippen LogP contribution < -0.4 is 15.4 Å². The maximum atomic E-state index is 12.8. The van der Waals surface area contributed by atoms with Crippen LogP contribution in [0.3, 0.4) is 0 Å². The molecule has 3 heterocycles. The van der Waals surface area contributed by atoms with E-state index in [1.54, 1.807) is 40.7 Å². The van der Waals surface area contributed by atoms with Gasteiger partial charge < -0.3 is 20.1 Å². The Morgan fingerprint density at radius 1 is 1.30 bits per heavy atom. The Morgan fingerprint density at radius 2 is 2.13 bits per heavy atom. The number of hydrogen-bond donors (Lipinski definition) is 2. The lowest BCUT2D eigenvalue weighted by atomic mass is 10.2. The Labute approximate surface area is 179 Å². The molecule has 9 heteroatoms. The third kappa shape index (κ3) is 4.79. The summed E-state index contributed by atoms with van der Waals surface area (Å²) >= 11 is 1.75. The molecule has 1 unspecified atom stereocenters. The monoisotopic (exact) mass is 430 g/mol. The number of thioether (sulfide) groups is 1. The van der Waals surface area contributed by atoms with Crippen LogP contribution in [0.1, 0.15) is 41.4 Å². The highest BCUT2D eigenvalue weighted by atomic mass is 32.2. The second-order valence-electron chi connectivity index (χ2n) is 7.27. The van der Waals surface area contributed by atoms with Crippen LogP contribution in [-0.4, -0.2) is 47.5 Å². The van der Waals surface area contributed by atoms with E-state index in [-0.39, 0.29) is 24.5 Å². The molecule has 160 valence electrons. The summed E-state index contributed by atoms with van der Waals surface area (Å²) in [6.07, 6.45) is 2.09. The fraction of sp³-hybridized carbons (Fsp3) is 0.476. The summed E-state index contributed by atoms with van der Waals surface area (Å²) in [5.41, 5.74) is 2.44. The summed E-state index contributed by atoms with van der Waals surface area (Å²) in [6.45, 7) is 3.80. The molecule has 0 aliphatic carbocycles. The highest BCUT2D eigenvalue weighted by Gasteiger charge is 2.25. The smallest absolute Gasteiger partial charge is 0.256 e. The van der Waals surface area contributed by atoms with E-state index in [0.717, 1.165) is 48.0 Å². The molecule has 4 rings (SSSR count). The number of fused-ring (bicyclic) bond motifs is 1. The number of amides is 2. The fourth-order valence-corrected chi connectivity index (χ4v) is 4.63. The molecule has 0 radical (unpaired) electrons. The third-order valence-corrected chi connectivity index (χ3v) is 6.09. The quantitative estimate of drug-likeness (QED) is 0.669. The number of benzene rings is 1. The van der Waals surface area contributed by atoms with Crippen molar-refractivity contribution in [2.45, 2.75) is 43.9 Å². The molecule has 2 N–H and O–H groups in total. The third-order valence-electron chi connectivity index (χ3n) is 5.12. The lowest BCUT2D eigenvalue weighted by Crippen LogP contribution is -2.34. The molecule has 0 bridgehead atoms. The van der Waals surface area contributed by atoms with Crippen LogP contribution in [0, 0.1) is 0 Å². The van der Waals surface area contributed by atoms with Gasteiger partial charge in [0.25, 0.3) is 5.91 Å². The summed E-state index contributed by atoms with van der Waals surface area (Å²) < 4.78 is 12.6. The van der Waals surface area contributed by atoms with Gasteiger partial charge in [0.15, 0.2) is 0 Å². The molecule has 0 saturated carbocycles. The van der Waals surface area contributed by atoms with Crippen molar-refractivity contribution in [3.63, 3.8) is 0 Å². The van der Waals surface area contributed by atoms with Crippen LogP contribution in [0.5, 0.6) is 5.75 Å². The van der Waals surface area contributed by atoms with Crippen LogP contribution in [0.4, 0.5) is 5.82 Å². The predicted molar refractivity (Wildman–Crippen MR) is 115 cm³/mol. The zero-order valence-electron chi connectivity index (χ0n) is 17.0. The molecular formula is C21H26N4O4S. The number of carbonyl (C=O) groups is 2. The molecule has 30 heavy (non-hydrogen) atoms. The van der Waals surface area contributed by atoms with E-state index in [2.05, 4.69) is 15.7 Å². The maximum Gasteiger partial charge on any atom is 0.256 e. The standard InChI is InChI=1S/C21H26N4O4S/c1-2-28-15-7-5-14(6-8-15)21(27)23-20-17-12-30-13-18(17)24-25(20)11-19(26)22-10-16-4-3-9-29-16/h5-8,16H,2-4,9-13H2,1H3,(H,22,26)(H,23,27). The minimum absolute atomic E-state index is 0.0588. The fourth-order valence-electron chi connectivity index (χ4n) is 3.59. The van der Waals surface area contributed by atoms with Crippen molar-refractivity contribution in [3.8, 4) is 5.75 Å².